The summed E-state index contributed by atoms with van der Waals surface area (Å²) in [6.07, 6.45) is 5.08. The summed E-state index contributed by atoms with van der Waals surface area (Å²) in [5, 5.41) is 5.05. The lowest BCUT2D eigenvalue weighted by molar-refractivity contribution is 0.624. The number of aryl methyl sites for hydroxylation is 1. The maximum atomic E-state index is 13.6. The molecule has 2 aromatic heterocycles. The van der Waals surface area contributed by atoms with Crippen LogP contribution in [0.3, 0.4) is 0 Å². The summed E-state index contributed by atoms with van der Waals surface area (Å²) in [6, 6.07) is 4.32. The summed E-state index contributed by atoms with van der Waals surface area (Å²) in [4.78, 5) is 4.12. The number of hydrogen-bond acceptors (Lipinski definition) is 3. The van der Waals surface area contributed by atoms with E-state index in [-0.39, 0.29) is 5.56 Å². The zero-order valence-corrected chi connectivity index (χ0v) is 10.8. The molecule has 20 heavy (non-hydrogen) atoms. The van der Waals surface area contributed by atoms with E-state index in [0.29, 0.717) is 11.3 Å². The van der Waals surface area contributed by atoms with Gasteiger partial charge in [0.25, 0.3) is 0 Å². The summed E-state index contributed by atoms with van der Waals surface area (Å²) >= 11 is 0. The maximum absolute atomic E-state index is 13.6. The third-order valence-electron chi connectivity index (χ3n) is 3.00. The first-order valence-electron chi connectivity index (χ1n) is 5.98. The Balaban J connectivity index is 2.10. The van der Waals surface area contributed by atoms with Crippen LogP contribution in [0, 0.1) is 17.7 Å². The first kappa shape index (κ1) is 12.2. The summed E-state index contributed by atoms with van der Waals surface area (Å²) in [7, 11) is 1.83. The number of nitrogens with zero attached hydrogens (tertiary/aromatic N) is 3. The minimum atomic E-state index is -0.391. The zero-order valence-electron chi connectivity index (χ0n) is 10.8. The molecular formula is C15H11FN4. The molecule has 0 unspecified atom stereocenters. The van der Waals surface area contributed by atoms with Crippen LogP contribution in [0.5, 0.6) is 0 Å². The number of nitrogen functional groups attached to an aromatic ring is 1. The van der Waals surface area contributed by atoms with E-state index in [9.17, 15) is 4.39 Å². The fourth-order valence-electron chi connectivity index (χ4n) is 1.93. The molecule has 5 heteroatoms. The molecule has 3 rings (SSSR count). The van der Waals surface area contributed by atoms with Gasteiger partial charge in [-0.05, 0) is 18.2 Å². The molecule has 2 N–H and O–H groups in total. The van der Waals surface area contributed by atoms with E-state index < -0.39 is 5.82 Å². The van der Waals surface area contributed by atoms with Crippen molar-refractivity contribution in [3.8, 4) is 11.8 Å². The third-order valence-corrected chi connectivity index (χ3v) is 3.00. The molecule has 4 nitrogen and oxygen atoms in total. The van der Waals surface area contributed by atoms with Crippen LogP contribution in [0.25, 0.3) is 10.9 Å². The van der Waals surface area contributed by atoms with Crippen molar-refractivity contribution in [1.82, 2.24) is 14.8 Å². The molecule has 0 saturated heterocycles. The number of rotatable bonds is 0. The normalized spacial score (nSPS) is 10.3. The highest BCUT2D eigenvalue weighted by molar-refractivity contribution is 5.84. The van der Waals surface area contributed by atoms with Crippen LogP contribution in [0.4, 0.5) is 10.1 Å². The van der Waals surface area contributed by atoms with Gasteiger partial charge in [-0.3, -0.25) is 9.67 Å². The zero-order chi connectivity index (χ0) is 14.1. The minimum Gasteiger partial charge on any atom is -0.399 e. The standard InChI is InChI=1S/C15H11FN4/c1-20-15-9-18-7-11(13(15)8-19-20)3-2-10-6-12(17)4-5-14(10)16/h4-9H,17H2,1H3. The Morgan fingerprint density at radius 2 is 1.95 bits per heavy atom. The highest BCUT2D eigenvalue weighted by atomic mass is 19.1. The Bertz CT molecular complexity index is 855. The summed E-state index contributed by atoms with van der Waals surface area (Å²) < 4.78 is 15.3. The molecule has 98 valence electrons. The highest BCUT2D eigenvalue weighted by Crippen LogP contribution is 2.16. The number of fused-ring (bicyclic) bond motifs is 1. The molecule has 0 amide bonds. The molecule has 3 aromatic rings. The number of aromatic nitrogens is 3. The first-order valence-corrected chi connectivity index (χ1v) is 5.98. The Hall–Kier alpha value is -2.87. The first-order chi connectivity index (χ1) is 9.65. The topological polar surface area (TPSA) is 56.7 Å². The van der Waals surface area contributed by atoms with Crippen molar-refractivity contribution in [1.29, 1.82) is 0 Å². The molecule has 0 aliphatic carbocycles. The van der Waals surface area contributed by atoms with Gasteiger partial charge in [0.2, 0.25) is 0 Å². The van der Waals surface area contributed by atoms with Crippen LogP contribution in [-0.4, -0.2) is 14.8 Å². The summed E-state index contributed by atoms with van der Waals surface area (Å²) in [6.45, 7) is 0. The van der Waals surface area contributed by atoms with E-state index in [1.165, 1.54) is 18.2 Å². The summed E-state index contributed by atoms with van der Waals surface area (Å²) in [5.74, 6) is 5.32. The molecule has 0 atom stereocenters. The molecule has 0 spiro atoms. The lowest BCUT2D eigenvalue weighted by Gasteiger charge is -1.97. The average Bonchev–Trinajstić information content (AvgIpc) is 2.82. The average molecular weight is 266 g/mol. The second-order valence-corrected chi connectivity index (χ2v) is 4.38. The summed E-state index contributed by atoms with van der Waals surface area (Å²) in [5.41, 5.74) is 7.96. The third kappa shape index (κ3) is 2.08. The number of halogens is 1. The molecule has 1 aromatic carbocycles. The lowest BCUT2D eigenvalue weighted by atomic mass is 10.1. The van der Waals surface area contributed by atoms with Crippen LogP contribution in [0.15, 0.2) is 36.8 Å². The quantitative estimate of drug-likeness (QED) is 0.500. The van der Waals surface area contributed by atoms with Crippen LogP contribution < -0.4 is 5.73 Å². The lowest BCUT2D eigenvalue weighted by Crippen LogP contribution is -1.90. The Morgan fingerprint density at radius 3 is 2.80 bits per heavy atom. The van der Waals surface area contributed by atoms with Crippen LogP contribution >= 0.6 is 0 Å². The predicted octanol–water partition coefficient (Wildman–Crippen LogP) is 2.09. The molecule has 0 fully saturated rings. The largest absolute Gasteiger partial charge is 0.399 e. The van der Waals surface area contributed by atoms with E-state index >= 15 is 0 Å². The van der Waals surface area contributed by atoms with E-state index in [2.05, 4.69) is 21.9 Å². The molecule has 0 saturated carbocycles. The fraction of sp³-hybridized carbons (Fsp3) is 0.0667. The monoisotopic (exact) mass is 266 g/mol. The number of hydrogen-bond donors (Lipinski definition) is 1. The van der Waals surface area contributed by atoms with Gasteiger partial charge in [0, 0.05) is 24.3 Å². The van der Waals surface area contributed by atoms with E-state index in [1.807, 2.05) is 7.05 Å². The van der Waals surface area contributed by atoms with Crippen molar-refractivity contribution in [3.63, 3.8) is 0 Å². The number of pyridine rings is 1. The second-order valence-electron chi connectivity index (χ2n) is 4.38. The molecular weight excluding hydrogens is 255 g/mol. The molecule has 0 aliphatic rings. The maximum Gasteiger partial charge on any atom is 0.138 e. The van der Waals surface area contributed by atoms with Gasteiger partial charge in [0.15, 0.2) is 0 Å². The molecule has 0 radical (unpaired) electrons. The van der Waals surface area contributed by atoms with Crippen LogP contribution in [-0.2, 0) is 7.05 Å². The number of anilines is 1. The predicted molar refractivity (Wildman–Crippen MR) is 75.3 cm³/mol. The van der Waals surface area contributed by atoms with Gasteiger partial charge in [-0.2, -0.15) is 5.10 Å². The van der Waals surface area contributed by atoms with Crippen molar-refractivity contribution in [2.75, 3.05) is 5.73 Å². The number of nitrogens with two attached hydrogens (primary N) is 1. The van der Waals surface area contributed by atoms with Gasteiger partial charge in [0.1, 0.15) is 5.82 Å². The van der Waals surface area contributed by atoms with Crippen molar-refractivity contribution in [2.24, 2.45) is 7.05 Å². The Labute approximate surface area is 115 Å². The fourth-order valence-corrected chi connectivity index (χ4v) is 1.93. The van der Waals surface area contributed by atoms with E-state index in [0.717, 1.165) is 10.9 Å². The van der Waals surface area contributed by atoms with Gasteiger partial charge in [0.05, 0.1) is 29.0 Å². The SMILES string of the molecule is Cn1ncc2c(C#Cc3cc(N)ccc3F)cncc21. The molecule has 0 aliphatic heterocycles. The number of benzene rings is 1. The van der Waals surface area contributed by atoms with Gasteiger partial charge < -0.3 is 5.73 Å². The minimum absolute atomic E-state index is 0.269. The van der Waals surface area contributed by atoms with Crippen LogP contribution in [0.2, 0.25) is 0 Å². The van der Waals surface area contributed by atoms with Crippen molar-refractivity contribution in [2.45, 2.75) is 0 Å². The van der Waals surface area contributed by atoms with Crippen molar-refractivity contribution in [3.05, 3.63) is 53.7 Å². The second kappa shape index (κ2) is 4.67. The van der Waals surface area contributed by atoms with E-state index in [4.69, 9.17) is 5.73 Å². The van der Waals surface area contributed by atoms with Crippen LogP contribution in [0.1, 0.15) is 11.1 Å². The van der Waals surface area contributed by atoms with Crippen molar-refractivity contribution < 1.29 is 4.39 Å². The Morgan fingerprint density at radius 1 is 1.15 bits per heavy atom. The molecule has 2 heterocycles. The van der Waals surface area contributed by atoms with Gasteiger partial charge >= 0.3 is 0 Å². The highest BCUT2D eigenvalue weighted by Gasteiger charge is 2.04. The van der Waals surface area contributed by atoms with Crippen molar-refractivity contribution >= 4 is 16.6 Å². The van der Waals surface area contributed by atoms with Gasteiger partial charge in [-0.1, -0.05) is 11.8 Å². The van der Waals surface area contributed by atoms with Gasteiger partial charge in [-0.25, -0.2) is 4.39 Å². The van der Waals surface area contributed by atoms with E-state index in [1.54, 1.807) is 23.3 Å². The smallest absolute Gasteiger partial charge is 0.138 e. The molecule has 0 bridgehead atoms. The van der Waals surface area contributed by atoms with Gasteiger partial charge in [-0.15, -0.1) is 0 Å². The Kier molecular flexibility index (Phi) is 2.84.